The number of carbonyl (C=O) groups excluding carboxylic acids is 2. The average molecular weight is 309 g/mol. The van der Waals surface area contributed by atoms with Crippen LogP contribution in [0.15, 0.2) is 18.2 Å². The summed E-state index contributed by atoms with van der Waals surface area (Å²) in [7, 11) is 0. The van der Waals surface area contributed by atoms with E-state index in [0.29, 0.717) is 0 Å². The number of hydrogen-bond acceptors (Lipinski definition) is 5. The van der Waals surface area contributed by atoms with Crippen molar-refractivity contribution in [2.45, 2.75) is 33.4 Å². The molecular formula is C14H19N3O5. The summed E-state index contributed by atoms with van der Waals surface area (Å²) in [6, 6.07) is 2.86. The molecule has 0 spiro atoms. The van der Waals surface area contributed by atoms with Gasteiger partial charge in [0, 0.05) is 31.2 Å². The lowest BCUT2D eigenvalue weighted by Gasteiger charge is -2.21. The molecule has 22 heavy (non-hydrogen) atoms. The predicted molar refractivity (Wildman–Crippen MR) is 79.1 cm³/mol. The zero-order valence-corrected chi connectivity index (χ0v) is 12.6. The van der Waals surface area contributed by atoms with Crippen molar-refractivity contribution in [1.82, 2.24) is 10.6 Å². The first kappa shape index (κ1) is 17.4. The highest BCUT2D eigenvalue weighted by atomic mass is 16.6. The lowest BCUT2D eigenvalue weighted by Crippen LogP contribution is -2.48. The minimum absolute atomic E-state index is 0.0743. The van der Waals surface area contributed by atoms with Crippen LogP contribution in [0.4, 0.5) is 5.69 Å². The van der Waals surface area contributed by atoms with Crippen molar-refractivity contribution >= 4 is 17.5 Å². The molecule has 2 amide bonds. The van der Waals surface area contributed by atoms with E-state index in [1.807, 2.05) is 0 Å². The number of hydrogen-bond donors (Lipinski definition) is 3. The van der Waals surface area contributed by atoms with E-state index in [2.05, 4.69) is 10.6 Å². The van der Waals surface area contributed by atoms with E-state index in [1.54, 1.807) is 13.8 Å². The Morgan fingerprint density at radius 3 is 2.50 bits per heavy atom. The molecule has 0 aliphatic rings. The molecule has 0 unspecified atom stereocenters. The summed E-state index contributed by atoms with van der Waals surface area (Å²) < 4.78 is 0. The SMILES string of the molecule is CC(=O)N[C@@H](C(=O)NCc1cc([N+](=O)[O-])ccc1O)C(C)C. The molecule has 8 nitrogen and oxygen atoms in total. The third-order valence-corrected chi connectivity index (χ3v) is 3.03. The number of rotatable bonds is 6. The number of carbonyl (C=O) groups is 2. The highest BCUT2D eigenvalue weighted by Crippen LogP contribution is 2.22. The van der Waals surface area contributed by atoms with Gasteiger partial charge in [-0.3, -0.25) is 19.7 Å². The molecule has 3 N–H and O–H groups in total. The number of benzene rings is 1. The van der Waals surface area contributed by atoms with Gasteiger partial charge in [-0.15, -0.1) is 0 Å². The molecule has 1 aromatic carbocycles. The normalized spacial score (nSPS) is 11.8. The third kappa shape index (κ3) is 4.72. The molecule has 0 fully saturated rings. The van der Waals surface area contributed by atoms with Crippen molar-refractivity contribution in [2.75, 3.05) is 0 Å². The first-order valence-electron chi connectivity index (χ1n) is 6.73. The Morgan fingerprint density at radius 1 is 1.36 bits per heavy atom. The fourth-order valence-electron chi connectivity index (χ4n) is 1.87. The minimum atomic E-state index is -0.710. The van der Waals surface area contributed by atoms with Crippen molar-refractivity contribution in [2.24, 2.45) is 5.92 Å². The molecule has 8 heteroatoms. The Bertz CT molecular complexity index is 586. The largest absolute Gasteiger partial charge is 0.508 e. The summed E-state index contributed by atoms with van der Waals surface area (Å²) in [5.41, 5.74) is 0.0530. The van der Waals surface area contributed by atoms with Gasteiger partial charge in [0.2, 0.25) is 11.8 Å². The number of nitro groups is 1. The van der Waals surface area contributed by atoms with Crippen LogP contribution in [0.25, 0.3) is 0 Å². The first-order chi connectivity index (χ1) is 10.2. The topological polar surface area (TPSA) is 122 Å². The lowest BCUT2D eigenvalue weighted by atomic mass is 10.0. The number of nitro benzene ring substituents is 1. The van der Waals surface area contributed by atoms with Crippen molar-refractivity contribution in [3.8, 4) is 5.75 Å². The predicted octanol–water partition coefficient (Wildman–Crippen LogP) is 1.08. The maximum atomic E-state index is 12.1. The fourth-order valence-corrected chi connectivity index (χ4v) is 1.87. The van der Waals surface area contributed by atoms with E-state index >= 15 is 0 Å². The Kier molecular flexibility index (Phi) is 5.85. The van der Waals surface area contributed by atoms with E-state index in [4.69, 9.17) is 0 Å². The summed E-state index contributed by atoms with van der Waals surface area (Å²) in [6.45, 7) is 4.81. The van der Waals surface area contributed by atoms with Crippen LogP contribution in [0.2, 0.25) is 0 Å². The first-order valence-corrected chi connectivity index (χ1v) is 6.73. The van der Waals surface area contributed by atoms with Gasteiger partial charge in [0.15, 0.2) is 0 Å². The van der Waals surface area contributed by atoms with Crippen molar-refractivity contribution in [1.29, 1.82) is 0 Å². The molecule has 0 bridgehead atoms. The Hall–Kier alpha value is -2.64. The number of nitrogens with one attached hydrogen (secondary N) is 2. The molecule has 0 aromatic heterocycles. The average Bonchev–Trinajstić information content (AvgIpc) is 2.42. The van der Waals surface area contributed by atoms with Crippen LogP contribution < -0.4 is 10.6 Å². The number of phenolic OH excluding ortho intramolecular Hbond substituents is 1. The van der Waals surface area contributed by atoms with E-state index in [0.717, 1.165) is 0 Å². The highest BCUT2D eigenvalue weighted by molar-refractivity contribution is 5.87. The molecule has 0 saturated heterocycles. The second-order valence-electron chi connectivity index (χ2n) is 5.21. The fraction of sp³-hybridized carbons (Fsp3) is 0.429. The van der Waals surface area contributed by atoms with E-state index in [9.17, 15) is 24.8 Å². The monoisotopic (exact) mass is 309 g/mol. The van der Waals surface area contributed by atoms with E-state index in [-0.39, 0.29) is 35.4 Å². The Labute approximate surface area is 127 Å². The van der Waals surface area contributed by atoms with Crippen LogP contribution in [-0.2, 0) is 16.1 Å². The quantitative estimate of drug-likeness (QED) is 0.536. The van der Waals surface area contributed by atoms with Crippen LogP contribution >= 0.6 is 0 Å². The van der Waals surface area contributed by atoms with Gasteiger partial charge in [-0.25, -0.2) is 0 Å². The summed E-state index contributed by atoms with van der Waals surface area (Å²) in [6.07, 6.45) is 0. The maximum absolute atomic E-state index is 12.1. The summed E-state index contributed by atoms with van der Waals surface area (Å²) in [5.74, 6) is -1.02. The van der Waals surface area contributed by atoms with E-state index < -0.39 is 16.9 Å². The summed E-state index contributed by atoms with van der Waals surface area (Å²) >= 11 is 0. The third-order valence-electron chi connectivity index (χ3n) is 3.03. The Morgan fingerprint density at radius 2 is 2.00 bits per heavy atom. The van der Waals surface area contributed by atoms with Gasteiger partial charge >= 0.3 is 0 Å². The second-order valence-corrected chi connectivity index (χ2v) is 5.21. The number of non-ortho nitro benzene ring substituents is 1. The molecule has 0 radical (unpaired) electrons. The molecule has 0 aliphatic heterocycles. The van der Waals surface area contributed by atoms with Gasteiger partial charge in [0.1, 0.15) is 11.8 Å². The number of amides is 2. The standard InChI is InChI=1S/C14H19N3O5/c1-8(2)13(16-9(3)18)14(20)15-7-10-6-11(17(21)22)4-5-12(10)19/h4-6,8,13,19H,7H2,1-3H3,(H,15,20)(H,16,18)/t13-/m1/s1. The highest BCUT2D eigenvalue weighted by Gasteiger charge is 2.23. The second kappa shape index (κ2) is 7.39. The van der Waals surface area contributed by atoms with Gasteiger partial charge in [0.25, 0.3) is 5.69 Å². The minimum Gasteiger partial charge on any atom is -0.508 e. The zero-order valence-electron chi connectivity index (χ0n) is 12.6. The van der Waals surface area contributed by atoms with Gasteiger partial charge in [-0.2, -0.15) is 0 Å². The summed E-state index contributed by atoms with van der Waals surface area (Å²) in [4.78, 5) is 33.3. The summed E-state index contributed by atoms with van der Waals surface area (Å²) in [5, 5.41) is 25.5. The molecule has 0 heterocycles. The van der Waals surface area contributed by atoms with Crippen LogP contribution in [-0.4, -0.2) is 27.9 Å². The van der Waals surface area contributed by atoms with Gasteiger partial charge in [-0.05, 0) is 12.0 Å². The van der Waals surface area contributed by atoms with Crippen LogP contribution in [0, 0.1) is 16.0 Å². The Balaban J connectivity index is 2.80. The van der Waals surface area contributed by atoms with Crippen LogP contribution in [0.5, 0.6) is 5.75 Å². The lowest BCUT2D eigenvalue weighted by molar-refractivity contribution is -0.384. The number of phenols is 1. The number of aromatic hydroxyl groups is 1. The van der Waals surface area contributed by atoms with Crippen molar-refractivity contribution in [3.05, 3.63) is 33.9 Å². The smallest absolute Gasteiger partial charge is 0.270 e. The van der Waals surface area contributed by atoms with Gasteiger partial charge < -0.3 is 15.7 Å². The molecule has 0 aliphatic carbocycles. The van der Waals surface area contributed by atoms with Crippen molar-refractivity contribution < 1.29 is 19.6 Å². The van der Waals surface area contributed by atoms with Crippen LogP contribution in [0.3, 0.4) is 0 Å². The molecule has 120 valence electrons. The maximum Gasteiger partial charge on any atom is 0.270 e. The van der Waals surface area contributed by atoms with E-state index in [1.165, 1.54) is 25.1 Å². The number of nitrogens with zero attached hydrogens (tertiary/aromatic N) is 1. The van der Waals surface area contributed by atoms with Gasteiger partial charge in [0.05, 0.1) is 4.92 Å². The zero-order chi connectivity index (χ0) is 16.9. The van der Waals surface area contributed by atoms with Crippen LogP contribution in [0.1, 0.15) is 26.3 Å². The van der Waals surface area contributed by atoms with Gasteiger partial charge in [-0.1, -0.05) is 13.8 Å². The molecule has 1 aromatic rings. The van der Waals surface area contributed by atoms with Crippen molar-refractivity contribution in [3.63, 3.8) is 0 Å². The molecule has 1 atom stereocenters. The molecule has 0 saturated carbocycles. The molecule has 1 rings (SSSR count). The molecular weight excluding hydrogens is 290 g/mol.